The van der Waals surface area contributed by atoms with Crippen molar-refractivity contribution >= 4 is 39.2 Å². The Balaban J connectivity index is 2.05. The first-order valence-electron chi connectivity index (χ1n) is 14.1. The summed E-state index contributed by atoms with van der Waals surface area (Å²) in [5, 5.41) is 0. The number of hydrogen-bond acceptors (Lipinski definition) is 0. The van der Waals surface area contributed by atoms with Crippen LogP contribution in [0.15, 0.2) is 72.8 Å². The minimum atomic E-state index is -2.93. The van der Waals surface area contributed by atoms with E-state index in [1.54, 1.807) is 15.7 Å². The average molecular weight is 605 g/mol. The first-order chi connectivity index (χ1) is 18.0. The first kappa shape index (κ1) is 27.8. The third-order valence-electron chi connectivity index (χ3n) is 7.88. The van der Waals surface area contributed by atoms with Crippen molar-refractivity contribution in [2.75, 3.05) is 0 Å². The van der Waals surface area contributed by atoms with Crippen molar-refractivity contribution in [3.63, 3.8) is 0 Å². The van der Waals surface area contributed by atoms with Crippen LogP contribution in [0.2, 0.25) is 13.3 Å². The van der Waals surface area contributed by atoms with Crippen LogP contribution in [-0.2, 0) is 0 Å². The Hall–Kier alpha value is -2.20. The van der Waals surface area contributed by atoms with Gasteiger partial charge >= 0.3 is 227 Å². The minimum absolute atomic E-state index is 0.205. The molecule has 0 nitrogen and oxygen atoms in total. The van der Waals surface area contributed by atoms with Gasteiger partial charge in [-0.2, -0.15) is 0 Å². The fourth-order valence-electron chi connectivity index (χ4n) is 5.98. The van der Waals surface area contributed by atoms with Gasteiger partial charge in [-0.05, 0) is 0 Å². The van der Waals surface area contributed by atoms with Crippen LogP contribution < -0.4 is 0 Å². The molecule has 0 heterocycles. The molecular weight excluding hydrogens is 565 g/mol. The van der Waals surface area contributed by atoms with E-state index in [9.17, 15) is 8.78 Å². The standard InChI is InChI=1S/C22H13F2.3C4H9.Sn/c23-18-9-5-15(6-10-18)13-22-20-4-2-1-3-17(20)14-21(22)16-7-11-19(24)12-8-16;3*1-3-4-2;/h1-13H;3*1,3-4H2,2H3;/b22-13+;;;;. The predicted molar refractivity (Wildman–Crippen MR) is 159 cm³/mol. The maximum absolute atomic E-state index is 14.1. The second-order valence-corrected chi connectivity index (χ2v) is 23.5. The number of allylic oxidation sites excluding steroid dienone is 2. The van der Waals surface area contributed by atoms with Gasteiger partial charge in [-0.15, -0.1) is 0 Å². The molecule has 0 unspecified atom stereocenters. The van der Waals surface area contributed by atoms with Crippen LogP contribution in [0.25, 0.3) is 20.8 Å². The van der Waals surface area contributed by atoms with Gasteiger partial charge in [-0.25, -0.2) is 0 Å². The molecule has 0 atom stereocenters. The number of fused-ring (bicyclic) bond motifs is 1. The molecule has 0 aromatic heterocycles. The Kier molecular flexibility index (Phi) is 9.81. The number of benzene rings is 3. The van der Waals surface area contributed by atoms with Crippen molar-refractivity contribution in [3.8, 4) is 0 Å². The number of rotatable bonds is 12. The van der Waals surface area contributed by atoms with Crippen molar-refractivity contribution in [1.29, 1.82) is 0 Å². The monoisotopic (exact) mass is 606 g/mol. The van der Waals surface area contributed by atoms with E-state index in [-0.39, 0.29) is 11.6 Å². The molecule has 0 radical (unpaired) electrons. The Morgan fingerprint density at radius 2 is 1.11 bits per heavy atom. The van der Waals surface area contributed by atoms with Gasteiger partial charge in [-0.3, -0.25) is 0 Å². The average Bonchev–Trinajstić information content (AvgIpc) is 3.25. The molecule has 1 aliphatic carbocycles. The van der Waals surface area contributed by atoms with Crippen LogP contribution in [0.3, 0.4) is 0 Å². The van der Waals surface area contributed by atoms with E-state index >= 15 is 0 Å². The molecule has 194 valence electrons. The summed E-state index contributed by atoms with van der Waals surface area (Å²) < 4.78 is 33.6. The van der Waals surface area contributed by atoms with Gasteiger partial charge in [0.25, 0.3) is 0 Å². The predicted octanol–water partition coefficient (Wildman–Crippen LogP) is 10.8. The second kappa shape index (κ2) is 13.0. The summed E-state index contributed by atoms with van der Waals surface area (Å²) in [5.41, 5.74) is 7.27. The van der Waals surface area contributed by atoms with Crippen molar-refractivity contribution in [2.45, 2.75) is 72.6 Å². The molecule has 0 saturated heterocycles. The fourth-order valence-corrected chi connectivity index (χ4v) is 23.6. The fraction of sp³-hybridized carbons (Fsp3) is 0.353. The summed E-state index contributed by atoms with van der Waals surface area (Å²) in [4.78, 5) is 0. The zero-order valence-electron chi connectivity index (χ0n) is 22.6. The molecular formula is C34H40F2Sn. The molecule has 0 aliphatic heterocycles. The van der Waals surface area contributed by atoms with Gasteiger partial charge in [0.05, 0.1) is 0 Å². The zero-order chi connectivity index (χ0) is 26.3. The quantitative estimate of drug-likeness (QED) is 0.180. The van der Waals surface area contributed by atoms with E-state index in [1.165, 1.54) is 86.2 Å². The van der Waals surface area contributed by atoms with E-state index in [0.29, 0.717) is 0 Å². The van der Waals surface area contributed by atoms with Crippen LogP contribution >= 0.6 is 0 Å². The molecule has 1 aliphatic rings. The van der Waals surface area contributed by atoms with Gasteiger partial charge in [0.15, 0.2) is 0 Å². The first-order valence-corrected chi connectivity index (χ1v) is 21.6. The molecule has 4 rings (SSSR count). The summed E-state index contributed by atoms with van der Waals surface area (Å²) in [6, 6.07) is 22.8. The summed E-state index contributed by atoms with van der Waals surface area (Å²) in [5.74, 6) is -0.430. The van der Waals surface area contributed by atoms with Crippen LogP contribution in [0.5, 0.6) is 0 Å². The Morgan fingerprint density at radius 3 is 1.62 bits per heavy atom. The van der Waals surface area contributed by atoms with Gasteiger partial charge in [0, 0.05) is 0 Å². The van der Waals surface area contributed by atoms with Crippen molar-refractivity contribution in [2.24, 2.45) is 0 Å². The number of hydrogen-bond donors (Lipinski definition) is 0. The molecule has 0 N–H and O–H groups in total. The molecule has 37 heavy (non-hydrogen) atoms. The normalized spacial score (nSPS) is 14.5. The summed E-state index contributed by atoms with van der Waals surface area (Å²) in [6.45, 7) is 6.94. The van der Waals surface area contributed by atoms with Crippen molar-refractivity contribution in [3.05, 3.63) is 107 Å². The molecule has 0 spiro atoms. The van der Waals surface area contributed by atoms with Gasteiger partial charge < -0.3 is 0 Å². The van der Waals surface area contributed by atoms with E-state index < -0.39 is 18.4 Å². The third kappa shape index (κ3) is 6.28. The van der Waals surface area contributed by atoms with Gasteiger partial charge in [0.1, 0.15) is 0 Å². The Morgan fingerprint density at radius 1 is 0.622 bits per heavy atom. The molecule has 0 saturated carbocycles. The number of halogens is 2. The SMILES string of the molecule is CCC[CH2][Sn]([CH2]CCC)([CH2]CCC)[C]1=C(c2ccc(F)cc2)/C(=C/c2ccc(F)cc2)c2ccccc21. The van der Waals surface area contributed by atoms with E-state index in [4.69, 9.17) is 0 Å². The Bertz CT molecular complexity index is 1210. The van der Waals surface area contributed by atoms with E-state index in [0.717, 1.165) is 11.1 Å². The van der Waals surface area contributed by atoms with Crippen LogP contribution in [0.1, 0.15) is 81.5 Å². The zero-order valence-corrected chi connectivity index (χ0v) is 25.5. The molecule has 0 bridgehead atoms. The maximum atomic E-state index is 14.1. The Labute approximate surface area is 226 Å². The number of unbranched alkanes of at least 4 members (excludes halogenated alkanes) is 3. The molecule has 3 aromatic carbocycles. The second-order valence-electron chi connectivity index (χ2n) is 10.5. The molecule has 3 aromatic rings. The summed E-state index contributed by atoms with van der Waals surface area (Å²) in [7, 11) is 0. The molecule has 0 fully saturated rings. The van der Waals surface area contributed by atoms with Crippen LogP contribution in [0.4, 0.5) is 8.78 Å². The summed E-state index contributed by atoms with van der Waals surface area (Å²) >= 11 is -2.93. The molecule has 0 amide bonds. The van der Waals surface area contributed by atoms with Gasteiger partial charge in [-0.1, -0.05) is 0 Å². The van der Waals surface area contributed by atoms with Crippen LogP contribution in [0, 0.1) is 11.6 Å². The van der Waals surface area contributed by atoms with Gasteiger partial charge in [0.2, 0.25) is 0 Å². The topological polar surface area (TPSA) is 0 Å². The molecule has 3 heteroatoms. The summed E-state index contributed by atoms with van der Waals surface area (Å²) in [6.07, 6.45) is 9.72. The third-order valence-corrected chi connectivity index (χ3v) is 23.6. The van der Waals surface area contributed by atoms with E-state index in [2.05, 4.69) is 51.1 Å². The van der Waals surface area contributed by atoms with E-state index in [1.807, 2.05) is 24.3 Å². The van der Waals surface area contributed by atoms with Crippen molar-refractivity contribution < 1.29 is 8.78 Å². The van der Waals surface area contributed by atoms with Crippen LogP contribution in [-0.4, -0.2) is 18.4 Å². The van der Waals surface area contributed by atoms with Crippen molar-refractivity contribution in [1.82, 2.24) is 0 Å².